The van der Waals surface area contributed by atoms with Crippen molar-refractivity contribution in [3.05, 3.63) is 53.9 Å². The van der Waals surface area contributed by atoms with Gasteiger partial charge in [-0.3, -0.25) is 4.79 Å². The van der Waals surface area contributed by atoms with Gasteiger partial charge in [-0.05, 0) is 60.4 Å². The molecular weight excluding hydrogens is 387 g/mol. The van der Waals surface area contributed by atoms with Gasteiger partial charge in [0.05, 0.1) is 7.11 Å². The molecule has 4 rings (SSSR count). The summed E-state index contributed by atoms with van der Waals surface area (Å²) in [5.41, 5.74) is 1.81. The number of rotatable bonds is 6. The second-order valence-corrected chi connectivity index (χ2v) is 7.40. The van der Waals surface area contributed by atoms with Gasteiger partial charge in [0.15, 0.2) is 11.5 Å². The summed E-state index contributed by atoms with van der Waals surface area (Å²) in [7, 11) is 1.57. The van der Waals surface area contributed by atoms with Crippen LogP contribution in [0.25, 0.3) is 6.08 Å². The van der Waals surface area contributed by atoms with E-state index in [-0.39, 0.29) is 11.7 Å². The van der Waals surface area contributed by atoms with Crippen LogP contribution in [0.5, 0.6) is 17.2 Å². The van der Waals surface area contributed by atoms with Crippen molar-refractivity contribution in [2.24, 2.45) is 5.92 Å². The molecule has 1 fully saturated rings. The van der Waals surface area contributed by atoms with Crippen LogP contribution in [0.1, 0.15) is 12.0 Å². The first-order valence-electron chi connectivity index (χ1n) is 10.1. The van der Waals surface area contributed by atoms with Gasteiger partial charge in [0.2, 0.25) is 11.7 Å². The Balaban J connectivity index is 1.30. The van der Waals surface area contributed by atoms with Crippen molar-refractivity contribution in [1.29, 1.82) is 0 Å². The Kier molecular flexibility index (Phi) is 6.07. The molecule has 158 valence electrons. The lowest BCUT2D eigenvalue weighted by Crippen LogP contribution is -2.29. The number of nitrogens with one attached hydrogen (secondary N) is 1. The molecule has 1 saturated heterocycles. The Bertz CT molecular complexity index is 912. The van der Waals surface area contributed by atoms with Gasteiger partial charge in [-0.1, -0.05) is 0 Å². The molecule has 1 atom stereocenters. The largest absolute Gasteiger partial charge is 0.493 e. The minimum atomic E-state index is -0.232. The fourth-order valence-electron chi connectivity index (χ4n) is 3.75. The molecule has 2 aromatic carbocycles. The van der Waals surface area contributed by atoms with Gasteiger partial charge in [-0.25, -0.2) is 4.39 Å². The zero-order chi connectivity index (χ0) is 20.9. The van der Waals surface area contributed by atoms with Crippen molar-refractivity contribution in [2.75, 3.05) is 44.9 Å². The number of ether oxygens (including phenoxy) is 3. The zero-order valence-electron chi connectivity index (χ0n) is 16.9. The van der Waals surface area contributed by atoms with Crippen LogP contribution in [0.3, 0.4) is 0 Å². The van der Waals surface area contributed by atoms with Gasteiger partial charge < -0.3 is 24.4 Å². The zero-order valence-corrected chi connectivity index (χ0v) is 16.9. The molecule has 6 nitrogen and oxygen atoms in total. The third-order valence-electron chi connectivity index (χ3n) is 5.32. The quantitative estimate of drug-likeness (QED) is 0.738. The fraction of sp³-hybridized carbons (Fsp3) is 0.348. The monoisotopic (exact) mass is 412 g/mol. The van der Waals surface area contributed by atoms with Gasteiger partial charge in [0.1, 0.15) is 19.0 Å². The average Bonchev–Trinajstić information content (AvgIpc) is 3.25. The third-order valence-corrected chi connectivity index (χ3v) is 5.32. The standard InChI is InChI=1S/C23H25FN2O4/c1-28-20-12-16(13-21-23(20)30-11-10-29-21)2-7-22(27)25-14-17-8-9-26(15-17)19-5-3-18(24)4-6-19/h2-7,12-13,17H,8-11,14-15H2,1H3,(H,25,27)/b7-2+. The van der Waals surface area contributed by atoms with Gasteiger partial charge in [-0.2, -0.15) is 0 Å². The van der Waals surface area contributed by atoms with Crippen LogP contribution < -0.4 is 24.4 Å². The summed E-state index contributed by atoms with van der Waals surface area (Å²) in [4.78, 5) is 14.5. The molecule has 0 spiro atoms. The van der Waals surface area contributed by atoms with E-state index in [9.17, 15) is 9.18 Å². The first-order chi connectivity index (χ1) is 14.6. The average molecular weight is 412 g/mol. The van der Waals surface area contributed by atoms with Crippen molar-refractivity contribution in [3.63, 3.8) is 0 Å². The molecular formula is C23H25FN2O4. The van der Waals surface area contributed by atoms with Crippen LogP contribution in [0, 0.1) is 11.7 Å². The van der Waals surface area contributed by atoms with Crippen molar-refractivity contribution in [3.8, 4) is 17.2 Å². The second-order valence-electron chi connectivity index (χ2n) is 7.40. The molecule has 0 radical (unpaired) electrons. The van der Waals surface area contributed by atoms with Crippen LogP contribution >= 0.6 is 0 Å². The summed E-state index contributed by atoms with van der Waals surface area (Å²) >= 11 is 0. The number of carbonyl (C=O) groups is 1. The Morgan fingerprint density at radius 2 is 2.07 bits per heavy atom. The molecule has 0 saturated carbocycles. The molecule has 1 unspecified atom stereocenters. The van der Waals surface area contributed by atoms with E-state index in [0.717, 1.165) is 30.8 Å². The second kappa shape index (κ2) is 9.07. The molecule has 2 aliphatic heterocycles. The Morgan fingerprint density at radius 1 is 1.27 bits per heavy atom. The minimum absolute atomic E-state index is 0.149. The van der Waals surface area contributed by atoms with Crippen molar-refractivity contribution >= 4 is 17.7 Å². The van der Waals surface area contributed by atoms with E-state index in [0.29, 0.717) is 42.9 Å². The number of nitrogens with zero attached hydrogens (tertiary/aromatic N) is 1. The van der Waals surface area contributed by atoms with E-state index in [4.69, 9.17) is 14.2 Å². The molecule has 1 N–H and O–H groups in total. The van der Waals surface area contributed by atoms with E-state index in [2.05, 4.69) is 10.2 Å². The Hall–Kier alpha value is -3.22. The molecule has 2 aliphatic rings. The number of fused-ring (bicyclic) bond motifs is 1. The predicted octanol–water partition coefficient (Wildman–Crippen LogP) is 3.26. The van der Waals surface area contributed by atoms with E-state index in [1.54, 1.807) is 25.3 Å². The number of methoxy groups -OCH3 is 1. The lowest BCUT2D eigenvalue weighted by Gasteiger charge is -2.21. The number of carbonyl (C=O) groups excluding carboxylic acids is 1. The Morgan fingerprint density at radius 3 is 2.87 bits per heavy atom. The lowest BCUT2D eigenvalue weighted by molar-refractivity contribution is -0.116. The number of hydrogen-bond donors (Lipinski definition) is 1. The van der Waals surface area contributed by atoms with Gasteiger partial charge in [0.25, 0.3) is 0 Å². The maximum Gasteiger partial charge on any atom is 0.244 e. The predicted molar refractivity (Wildman–Crippen MR) is 113 cm³/mol. The highest BCUT2D eigenvalue weighted by molar-refractivity contribution is 5.91. The van der Waals surface area contributed by atoms with Gasteiger partial charge in [0, 0.05) is 31.4 Å². The van der Waals surface area contributed by atoms with Crippen molar-refractivity contribution in [2.45, 2.75) is 6.42 Å². The molecule has 30 heavy (non-hydrogen) atoms. The summed E-state index contributed by atoms with van der Waals surface area (Å²) in [5.74, 6) is 1.78. The third kappa shape index (κ3) is 4.67. The Labute approximate surface area is 175 Å². The molecule has 0 bridgehead atoms. The molecule has 2 heterocycles. The smallest absolute Gasteiger partial charge is 0.244 e. The van der Waals surface area contributed by atoms with E-state index < -0.39 is 0 Å². The number of benzene rings is 2. The first kappa shape index (κ1) is 20.1. The molecule has 0 aromatic heterocycles. The highest BCUT2D eigenvalue weighted by Crippen LogP contribution is 2.40. The maximum absolute atomic E-state index is 13.1. The summed E-state index contributed by atoms with van der Waals surface area (Å²) < 4.78 is 29.7. The minimum Gasteiger partial charge on any atom is -0.493 e. The summed E-state index contributed by atoms with van der Waals surface area (Å²) in [6.07, 6.45) is 4.23. The van der Waals surface area contributed by atoms with Gasteiger partial charge >= 0.3 is 0 Å². The van der Waals surface area contributed by atoms with E-state index in [1.807, 2.05) is 12.1 Å². The van der Waals surface area contributed by atoms with E-state index >= 15 is 0 Å². The molecule has 7 heteroatoms. The SMILES string of the molecule is COc1cc(/C=C/C(=O)NCC2CCN(c3ccc(F)cc3)C2)cc2c1OCCO2. The normalized spacial score (nSPS) is 17.9. The highest BCUT2D eigenvalue weighted by Gasteiger charge is 2.23. The van der Waals surface area contributed by atoms with Crippen LogP contribution in [0.4, 0.5) is 10.1 Å². The number of anilines is 1. The van der Waals surface area contributed by atoms with Crippen LogP contribution in [-0.2, 0) is 4.79 Å². The maximum atomic E-state index is 13.1. The number of halogens is 1. The first-order valence-corrected chi connectivity index (χ1v) is 10.1. The van der Waals surface area contributed by atoms with Crippen LogP contribution in [-0.4, -0.2) is 45.9 Å². The van der Waals surface area contributed by atoms with Crippen LogP contribution in [0.2, 0.25) is 0 Å². The van der Waals surface area contributed by atoms with Crippen LogP contribution in [0.15, 0.2) is 42.5 Å². The summed E-state index contributed by atoms with van der Waals surface area (Å²) in [5, 5.41) is 2.97. The van der Waals surface area contributed by atoms with Crippen molar-refractivity contribution in [1.82, 2.24) is 5.32 Å². The van der Waals surface area contributed by atoms with E-state index in [1.165, 1.54) is 18.2 Å². The number of hydrogen-bond acceptors (Lipinski definition) is 5. The van der Waals surface area contributed by atoms with Gasteiger partial charge in [-0.15, -0.1) is 0 Å². The lowest BCUT2D eigenvalue weighted by atomic mass is 10.1. The highest BCUT2D eigenvalue weighted by atomic mass is 19.1. The molecule has 0 aliphatic carbocycles. The molecule has 1 amide bonds. The molecule has 2 aromatic rings. The summed E-state index contributed by atoms with van der Waals surface area (Å²) in [6, 6.07) is 10.2. The topological polar surface area (TPSA) is 60.0 Å². The summed E-state index contributed by atoms with van der Waals surface area (Å²) in [6.45, 7) is 3.32. The number of amides is 1. The fourth-order valence-corrected chi connectivity index (χ4v) is 3.75. The van der Waals surface area contributed by atoms with Crippen molar-refractivity contribution < 1.29 is 23.4 Å².